The summed E-state index contributed by atoms with van der Waals surface area (Å²) >= 11 is 0. The van der Waals surface area contributed by atoms with Crippen molar-refractivity contribution in [3.8, 4) is 5.69 Å². The first-order chi connectivity index (χ1) is 9.93. The zero-order chi connectivity index (χ0) is 15.5. The van der Waals surface area contributed by atoms with Gasteiger partial charge in [-0.1, -0.05) is 13.8 Å². The van der Waals surface area contributed by atoms with E-state index in [0.29, 0.717) is 0 Å². The van der Waals surface area contributed by atoms with Crippen molar-refractivity contribution >= 4 is 0 Å². The number of aromatic nitrogens is 4. The van der Waals surface area contributed by atoms with Crippen molar-refractivity contribution in [2.75, 3.05) is 0 Å². The molecule has 2 rings (SSSR count). The molecule has 21 heavy (non-hydrogen) atoms. The van der Waals surface area contributed by atoms with Crippen LogP contribution in [0.4, 0.5) is 0 Å². The van der Waals surface area contributed by atoms with Crippen LogP contribution in [0.25, 0.3) is 5.69 Å². The van der Waals surface area contributed by atoms with Gasteiger partial charge in [0.2, 0.25) is 0 Å². The Morgan fingerprint density at radius 2 is 1.95 bits per heavy atom. The summed E-state index contributed by atoms with van der Waals surface area (Å²) in [5.74, 6) is 1.88. The molecule has 0 saturated carbocycles. The van der Waals surface area contributed by atoms with Gasteiger partial charge in [-0.15, -0.1) is 0 Å². The van der Waals surface area contributed by atoms with Crippen LogP contribution in [0.2, 0.25) is 0 Å². The van der Waals surface area contributed by atoms with Crippen LogP contribution in [0.1, 0.15) is 52.0 Å². The lowest BCUT2D eigenvalue weighted by molar-refractivity contribution is 0.421. The fourth-order valence-electron chi connectivity index (χ4n) is 2.03. The van der Waals surface area contributed by atoms with Crippen molar-refractivity contribution in [3.63, 3.8) is 0 Å². The van der Waals surface area contributed by atoms with Crippen molar-refractivity contribution < 1.29 is 0 Å². The van der Waals surface area contributed by atoms with E-state index in [1.54, 1.807) is 0 Å². The van der Waals surface area contributed by atoms with E-state index in [0.717, 1.165) is 42.4 Å². The second-order valence-electron chi connectivity index (χ2n) is 6.17. The molecule has 5 heteroatoms. The highest BCUT2D eigenvalue weighted by Gasteiger charge is 2.12. The molecule has 5 nitrogen and oxygen atoms in total. The van der Waals surface area contributed by atoms with Crippen LogP contribution in [-0.4, -0.2) is 25.3 Å². The first kappa shape index (κ1) is 15.6. The topological polar surface area (TPSA) is 55.6 Å². The van der Waals surface area contributed by atoms with Gasteiger partial charge in [-0.05, 0) is 32.9 Å². The molecule has 0 aromatic carbocycles. The van der Waals surface area contributed by atoms with Gasteiger partial charge in [0.15, 0.2) is 5.82 Å². The molecule has 2 aromatic rings. The predicted octanol–water partition coefficient (Wildman–Crippen LogP) is 2.68. The summed E-state index contributed by atoms with van der Waals surface area (Å²) in [5, 5.41) is 8.03. The maximum atomic E-state index is 4.58. The number of aryl methyl sites for hydroxylation is 2. The van der Waals surface area contributed by atoms with Gasteiger partial charge in [0, 0.05) is 31.1 Å². The van der Waals surface area contributed by atoms with Gasteiger partial charge in [-0.3, -0.25) is 4.98 Å². The normalized spacial score (nSPS) is 11.9. The summed E-state index contributed by atoms with van der Waals surface area (Å²) in [5.41, 5.74) is 2.12. The monoisotopic (exact) mass is 287 g/mol. The molecule has 0 aliphatic carbocycles. The van der Waals surface area contributed by atoms with Crippen molar-refractivity contribution in [2.24, 2.45) is 0 Å². The molecule has 0 fully saturated rings. The fourth-order valence-corrected chi connectivity index (χ4v) is 2.03. The molecule has 2 aromatic heterocycles. The average Bonchev–Trinajstić information content (AvgIpc) is 2.88. The smallest absolute Gasteiger partial charge is 0.151 e. The lowest BCUT2D eigenvalue weighted by atomic mass is 10.1. The van der Waals surface area contributed by atoms with Gasteiger partial charge in [-0.25, -0.2) is 9.67 Å². The van der Waals surface area contributed by atoms with E-state index in [9.17, 15) is 0 Å². The molecule has 0 amide bonds. The fraction of sp³-hybridized carbons (Fsp3) is 0.562. The Balaban J connectivity index is 2.26. The predicted molar refractivity (Wildman–Crippen MR) is 84.5 cm³/mol. The second kappa shape index (κ2) is 6.35. The largest absolute Gasteiger partial charge is 0.306 e. The van der Waals surface area contributed by atoms with Crippen molar-refractivity contribution in [2.45, 2.75) is 59.5 Å². The Hall–Kier alpha value is -1.75. The van der Waals surface area contributed by atoms with Gasteiger partial charge >= 0.3 is 0 Å². The standard InChI is InChI=1S/C16H25N5/c1-6-14-19-15(7-2)21(20-14)13-8-9-17-12(10-13)11-18-16(3,4)5/h8-10,18H,6-7,11H2,1-5H3. The van der Waals surface area contributed by atoms with E-state index in [1.165, 1.54) is 0 Å². The number of nitrogens with one attached hydrogen (secondary N) is 1. The summed E-state index contributed by atoms with van der Waals surface area (Å²) in [6.07, 6.45) is 3.55. The first-order valence-electron chi connectivity index (χ1n) is 7.58. The van der Waals surface area contributed by atoms with E-state index in [4.69, 9.17) is 0 Å². The zero-order valence-corrected chi connectivity index (χ0v) is 13.6. The summed E-state index contributed by atoms with van der Waals surface area (Å²) in [7, 11) is 0. The molecule has 1 N–H and O–H groups in total. The lowest BCUT2D eigenvalue weighted by Gasteiger charge is -2.20. The van der Waals surface area contributed by atoms with Crippen LogP contribution < -0.4 is 5.32 Å². The number of hydrogen-bond donors (Lipinski definition) is 1. The summed E-state index contributed by atoms with van der Waals surface area (Å²) in [4.78, 5) is 8.98. The molecule has 0 spiro atoms. The third-order valence-electron chi connectivity index (χ3n) is 3.20. The first-order valence-corrected chi connectivity index (χ1v) is 7.58. The third-order valence-corrected chi connectivity index (χ3v) is 3.20. The molecule has 0 saturated heterocycles. The van der Waals surface area contributed by atoms with E-state index in [1.807, 2.05) is 16.9 Å². The number of rotatable bonds is 5. The highest BCUT2D eigenvalue weighted by molar-refractivity contribution is 5.32. The second-order valence-corrected chi connectivity index (χ2v) is 6.17. The molecule has 0 radical (unpaired) electrons. The van der Waals surface area contributed by atoms with Crippen LogP contribution >= 0.6 is 0 Å². The molecule has 0 unspecified atom stereocenters. The number of nitrogens with zero attached hydrogens (tertiary/aromatic N) is 4. The van der Waals surface area contributed by atoms with Gasteiger partial charge in [0.1, 0.15) is 5.82 Å². The molecular weight excluding hydrogens is 262 g/mol. The summed E-state index contributed by atoms with van der Waals surface area (Å²) in [6.45, 7) is 11.4. The Morgan fingerprint density at radius 1 is 1.19 bits per heavy atom. The van der Waals surface area contributed by atoms with Crippen LogP contribution in [0.15, 0.2) is 18.3 Å². The van der Waals surface area contributed by atoms with E-state index in [-0.39, 0.29) is 5.54 Å². The Labute approximate surface area is 126 Å². The molecule has 0 aliphatic rings. The number of hydrogen-bond acceptors (Lipinski definition) is 4. The van der Waals surface area contributed by atoms with Gasteiger partial charge in [-0.2, -0.15) is 5.10 Å². The average molecular weight is 287 g/mol. The summed E-state index contributed by atoms with van der Waals surface area (Å²) < 4.78 is 1.93. The van der Waals surface area contributed by atoms with Gasteiger partial charge in [0.05, 0.1) is 11.4 Å². The van der Waals surface area contributed by atoms with E-state index < -0.39 is 0 Å². The van der Waals surface area contributed by atoms with E-state index in [2.05, 4.69) is 61.1 Å². The summed E-state index contributed by atoms with van der Waals surface area (Å²) in [6, 6.07) is 4.06. The van der Waals surface area contributed by atoms with Crippen LogP contribution in [0.5, 0.6) is 0 Å². The minimum Gasteiger partial charge on any atom is -0.306 e. The maximum Gasteiger partial charge on any atom is 0.151 e. The van der Waals surface area contributed by atoms with Crippen molar-refractivity contribution in [1.29, 1.82) is 0 Å². The van der Waals surface area contributed by atoms with Crippen molar-refractivity contribution in [3.05, 3.63) is 35.7 Å². The van der Waals surface area contributed by atoms with Crippen LogP contribution in [0.3, 0.4) is 0 Å². The van der Waals surface area contributed by atoms with Crippen LogP contribution in [-0.2, 0) is 19.4 Å². The number of pyridine rings is 1. The zero-order valence-electron chi connectivity index (χ0n) is 13.6. The Morgan fingerprint density at radius 3 is 2.57 bits per heavy atom. The molecule has 0 aliphatic heterocycles. The van der Waals surface area contributed by atoms with Gasteiger partial charge in [0.25, 0.3) is 0 Å². The quantitative estimate of drug-likeness (QED) is 0.918. The Bertz CT molecular complexity index is 595. The lowest BCUT2D eigenvalue weighted by Crippen LogP contribution is -2.35. The third kappa shape index (κ3) is 4.11. The maximum absolute atomic E-state index is 4.58. The molecule has 0 bridgehead atoms. The van der Waals surface area contributed by atoms with Crippen LogP contribution in [0, 0.1) is 0 Å². The highest BCUT2D eigenvalue weighted by Crippen LogP contribution is 2.12. The Kier molecular flexibility index (Phi) is 4.73. The molecular formula is C16H25N5. The molecule has 2 heterocycles. The van der Waals surface area contributed by atoms with Gasteiger partial charge < -0.3 is 5.32 Å². The van der Waals surface area contributed by atoms with Crippen molar-refractivity contribution in [1.82, 2.24) is 25.1 Å². The molecule has 114 valence electrons. The minimum atomic E-state index is 0.0783. The highest BCUT2D eigenvalue weighted by atomic mass is 15.3. The minimum absolute atomic E-state index is 0.0783. The van der Waals surface area contributed by atoms with E-state index >= 15 is 0 Å². The SMILES string of the molecule is CCc1nc(CC)n(-c2ccnc(CNC(C)(C)C)c2)n1. The molecule has 0 atom stereocenters.